The molecule has 2 heterocycles. The highest BCUT2D eigenvalue weighted by molar-refractivity contribution is 7.98. The van der Waals surface area contributed by atoms with E-state index in [0.29, 0.717) is 44.7 Å². The van der Waals surface area contributed by atoms with E-state index in [2.05, 4.69) is 10.2 Å². The predicted molar refractivity (Wildman–Crippen MR) is 121 cm³/mol. The van der Waals surface area contributed by atoms with Crippen LogP contribution in [0.2, 0.25) is 5.02 Å². The molecular weight excluding hydrogens is 435 g/mol. The molecule has 154 valence electrons. The number of hydrogen-bond donors (Lipinski definition) is 0. The second-order valence-electron chi connectivity index (χ2n) is 7.00. The SMILES string of the molecule is O=c1c2ccccc2n2c(SCc3c(F)cccc3Cl)nnc2n1Cc1ccccc1. The van der Waals surface area contributed by atoms with Gasteiger partial charge in [0.05, 0.1) is 17.4 Å². The fraction of sp³-hybridized carbons (Fsp3) is 0.0870. The van der Waals surface area contributed by atoms with E-state index in [1.807, 2.05) is 52.9 Å². The van der Waals surface area contributed by atoms with Gasteiger partial charge in [-0.3, -0.25) is 13.8 Å². The van der Waals surface area contributed by atoms with Crippen LogP contribution in [-0.4, -0.2) is 19.2 Å². The van der Waals surface area contributed by atoms with Gasteiger partial charge in [0.1, 0.15) is 5.82 Å². The van der Waals surface area contributed by atoms with Crippen molar-refractivity contribution in [1.82, 2.24) is 19.2 Å². The zero-order chi connectivity index (χ0) is 21.4. The monoisotopic (exact) mass is 450 g/mol. The van der Waals surface area contributed by atoms with Crippen molar-refractivity contribution in [3.05, 3.63) is 105 Å². The quantitative estimate of drug-likeness (QED) is 0.346. The summed E-state index contributed by atoms with van der Waals surface area (Å²) in [6.07, 6.45) is 0. The van der Waals surface area contributed by atoms with E-state index < -0.39 is 0 Å². The summed E-state index contributed by atoms with van der Waals surface area (Å²) in [5, 5.41) is 10.1. The highest BCUT2D eigenvalue weighted by atomic mass is 35.5. The molecular formula is C23H16ClFN4OS. The topological polar surface area (TPSA) is 52.2 Å². The molecule has 0 N–H and O–H groups in total. The minimum atomic E-state index is -0.361. The molecule has 5 rings (SSSR count). The van der Waals surface area contributed by atoms with Gasteiger partial charge in [-0.1, -0.05) is 71.9 Å². The molecule has 31 heavy (non-hydrogen) atoms. The van der Waals surface area contributed by atoms with Gasteiger partial charge < -0.3 is 0 Å². The van der Waals surface area contributed by atoms with E-state index in [1.165, 1.54) is 17.8 Å². The maximum Gasteiger partial charge on any atom is 0.263 e. The van der Waals surface area contributed by atoms with Crippen LogP contribution in [0.25, 0.3) is 16.7 Å². The predicted octanol–water partition coefficient (Wildman–Crippen LogP) is 5.18. The van der Waals surface area contributed by atoms with E-state index in [-0.39, 0.29) is 11.4 Å². The summed E-state index contributed by atoms with van der Waals surface area (Å²) in [6.45, 7) is 0.371. The Bertz CT molecular complexity index is 1450. The molecule has 0 unspecified atom stereocenters. The van der Waals surface area contributed by atoms with Crippen LogP contribution >= 0.6 is 23.4 Å². The number of thioether (sulfide) groups is 1. The van der Waals surface area contributed by atoms with Crippen molar-refractivity contribution in [2.45, 2.75) is 17.5 Å². The van der Waals surface area contributed by atoms with Gasteiger partial charge in [0.25, 0.3) is 5.56 Å². The van der Waals surface area contributed by atoms with Gasteiger partial charge >= 0.3 is 0 Å². The molecule has 8 heteroatoms. The van der Waals surface area contributed by atoms with E-state index >= 15 is 0 Å². The number of nitrogens with zero attached hydrogens (tertiary/aromatic N) is 4. The van der Waals surface area contributed by atoms with Gasteiger partial charge in [-0.15, -0.1) is 10.2 Å². The summed E-state index contributed by atoms with van der Waals surface area (Å²) in [4.78, 5) is 13.2. The van der Waals surface area contributed by atoms with Crippen LogP contribution in [0.15, 0.2) is 82.7 Å². The molecule has 0 aliphatic heterocycles. The number of para-hydroxylation sites is 1. The molecule has 0 amide bonds. The Morgan fingerprint density at radius 1 is 0.935 bits per heavy atom. The Kier molecular flexibility index (Phi) is 5.21. The molecule has 0 radical (unpaired) electrons. The van der Waals surface area contributed by atoms with E-state index in [0.717, 1.165) is 5.56 Å². The third kappa shape index (κ3) is 3.60. The van der Waals surface area contributed by atoms with Crippen molar-refractivity contribution in [3.63, 3.8) is 0 Å². The standard InChI is InChI=1S/C23H16ClFN4OS/c24-18-10-6-11-19(25)17(18)14-31-23-27-26-22-28(13-15-7-2-1-3-8-15)21(30)16-9-4-5-12-20(16)29(22)23/h1-12H,13-14H2. The molecule has 0 aliphatic rings. The molecule has 0 atom stereocenters. The average molecular weight is 451 g/mol. The van der Waals surface area contributed by atoms with Crippen LogP contribution in [-0.2, 0) is 12.3 Å². The minimum absolute atomic E-state index is 0.131. The number of halogens is 2. The molecule has 0 spiro atoms. The molecule has 0 bridgehead atoms. The summed E-state index contributed by atoms with van der Waals surface area (Å²) in [5.74, 6) is 0.368. The largest absolute Gasteiger partial charge is 0.272 e. The first kappa shape index (κ1) is 19.8. The highest BCUT2D eigenvalue weighted by Crippen LogP contribution is 2.29. The molecule has 0 saturated heterocycles. The number of rotatable bonds is 5. The summed E-state index contributed by atoms with van der Waals surface area (Å²) >= 11 is 7.50. The van der Waals surface area contributed by atoms with Crippen molar-refractivity contribution in [3.8, 4) is 0 Å². The Hall–Kier alpha value is -3.16. The van der Waals surface area contributed by atoms with Crippen molar-refractivity contribution in [2.24, 2.45) is 0 Å². The van der Waals surface area contributed by atoms with Gasteiger partial charge in [0.2, 0.25) is 5.78 Å². The van der Waals surface area contributed by atoms with E-state index in [9.17, 15) is 9.18 Å². The molecule has 5 nitrogen and oxygen atoms in total. The van der Waals surface area contributed by atoms with Crippen LogP contribution in [0, 0.1) is 5.82 Å². The van der Waals surface area contributed by atoms with Gasteiger partial charge in [-0.05, 0) is 29.8 Å². The lowest BCUT2D eigenvalue weighted by atomic mass is 10.2. The van der Waals surface area contributed by atoms with Gasteiger partial charge in [0.15, 0.2) is 5.16 Å². The zero-order valence-corrected chi connectivity index (χ0v) is 17.8. The second-order valence-corrected chi connectivity index (χ2v) is 8.35. The smallest absolute Gasteiger partial charge is 0.263 e. The van der Waals surface area contributed by atoms with Crippen molar-refractivity contribution in [1.29, 1.82) is 0 Å². The lowest BCUT2D eigenvalue weighted by molar-refractivity contribution is 0.617. The van der Waals surface area contributed by atoms with E-state index in [4.69, 9.17) is 11.6 Å². The molecule has 0 aliphatic carbocycles. The first-order valence-electron chi connectivity index (χ1n) is 9.60. The molecule has 3 aromatic carbocycles. The summed E-state index contributed by atoms with van der Waals surface area (Å²) < 4.78 is 17.7. The number of benzene rings is 3. The lowest BCUT2D eigenvalue weighted by Gasteiger charge is -2.11. The highest BCUT2D eigenvalue weighted by Gasteiger charge is 2.18. The first-order valence-corrected chi connectivity index (χ1v) is 11.0. The fourth-order valence-electron chi connectivity index (χ4n) is 3.54. The Balaban J connectivity index is 1.65. The maximum atomic E-state index is 14.2. The number of hydrogen-bond acceptors (Lipinski definition) is 4. The minimum Gasteiger partial charge on any atom is -0.272 e. The second kappa shape index (κ2) is 8.17. The van der Waals surface area contributed by atoms with Crippen LogP contribution in [0.5, 0.6) is 0 Å². The normalized spacial score (nSPS) is 11.4. The summed E-state index contributed by atoms with van der Waals surface area (Å²) in [7, 11) is 0. The number of fused-ring (bicyclic) bond motifs is 3. The average Bonchev–Trinajstić information content (AvgIpc) is 3.21. The Labute approximate surface area is 186 Å². The number of aromatic nitrogens is 4. The Morgan fingerprint density at radius 2 is 1.71 bits per heavy atom. The van der Waals surface area contributed by atoms with Gasteiger partial charge in [0, 0.05) is 16.3 Å². The summed E-state index contributed by atoms with van der Waals surface area (Å²) in [5.41, 5.74) is 1.97. The zero-order valence-electron chi connectivity index (χ0n) is 16.2. The van der Waals surface area contributed by atoms with Crippen LogP contribution in [0.1, 0.15) is 11.1 Å². The molecule has 5 aromatic rings. The summed E-state index contributed by atoms with van der Waals surface area (Å²) in [6, 6.07) is 21.7. The molecule has 0 saturated carbocycles. The first-order chi connectivity index (χ1) is 15.1. The van der Waals surface area contributed by atoms with Crippen molar-refractivity contribution < 1.29 is 4.39 Å². The van der Waals surface area contributed by atoms with Crippen LogP contribution in [0.3, 0.4) is 0 Å². The van der Waals surface area contributed by atoms with Crippen molar-refractivity contribution >= 4 is 40.0 Å². The lowest BCUT2D eigenvalue weighted by Crippen LogP contribution is -2.24. The van der Waals surface area contributed by atoms with Gasteiger partial charge in [-0.25, -0.2) is 4.39 Å². The van der Waals surface area contributed by atoms with Crippen molar-refractivity contribution in [2.75, 3.05) is 0 Å². The van der Waals surface area contributed by atoms with E-state index in [1.54, 1.807) is 22.8 Å². The van der Waals surface area contributed by atoms with Crippen LogP contribution in [0.4, 0.5) is 4.39 Å². The molecule has 0 fully saturated rings. The van der Waals surface area contributed by atoms with Crippen LogP contribution < -0.4 is 5.56 Å². The third-order valence-corrected chi connectivity index (χ3v) is 6.38. The van der Waals surface area contributed by atoms with Gasteiger partial charge in [-0.2, -0.15) is 0 Å². The third-order valence-electron chi connectivity index (χ3n) is 5.07. The maximum absolute atomic E-state index is 14.2. The Morgan fingerprint density at radius 3 is 2.52 bits per heavy atom. The fourth-order valence-corrected chi connectivity index (χ4v) is 4.83. The molecule has 2 aromatic heterocycles.